The second kappa shape index (κ2) is 10.3. The van der Waals surface area contributed by atoms with Crippen molar-refractivity contribution < 1.29 is 4.42 Å². The van der Waals surface area contributed by atoms with Crippen molar-refractivity contribution in [2.75, 3.05) is 4.90 Å². The molecule has 50 heavy (non-hydrogen) atoms. The van der Waals surface area contributed by atoms with E-state index in [0.29, 0.717) is 0 Å². The van der Waals surface area contributed by atoms with Gasteiger partial charge in [0, 0.05) is 38.7 Å². The molecule has 8 aromatic rings. The van der Waals surface area contributed by atoms with Gasteiger partial charge in [0.05, 0.1) is 0 Å². The van der Waals surface area contributed by atoms with Crippen LogP contribution in [0.25, 0.3) is 55.3 Å². The zero-order chi connectivity index (χ0) is 33.8. The molecule has 0 aliphatic heterocycles. The van der Waals surface area contributed by atoms with Crippen LogP contribution in [0.5, 0.6) is 0 Å². The molecule has 7 aromatic carbocycles. The van der Waals surface area contributed by atoms with E-state index in [-0.39, 0.29) is 10.8 Å². The average molecular weight is 644 g/mol. The molecule has 0 radical (unpaired) electrons. The monoisotopic (exact) mass is 643 g/mol. The minimum Gasteiger partial charge on any atom is -0.456 e. The number of hydrogen-bond donors (Lipinski definition) is 0. The molecule has 0 saturated heterocycles. The van der Waals surface area contributed by atoms with Crippen molar-refractivity contribution in [3.05, 3.63) is 174 Å². The van der Waals surface area contributed by atoms with Gasteiger partial charge >= 0.3 is 0 Å². The van der Waals surface area contributed by atoms with Gasteiger partial charge in [-0.15, -0.1) is 0 Å². The summed E-state index contributed by atoms with van der Waals surface area (Å²) in [5.41, 5.74) is 18.2. The van der Waals surface area contributed by atoms with Crippen molar-refractivity contribution in [1.82, 2.24) is 0 Å². The average Bonchev–Trinajstić information content (AvgIpc) is 3.70. The summed E-state index contributed by atoms with van der Waals surface area (Å²) in [5.74, 6) is 0. The number of anilines is 3. The van der Waals surface area contributed by atoms with Gasteiger partial charge in [0.1, 0.15) is 11.2 Å². The summed E-state index contributed by atoms with van der Waals surface area (Å²) in [5, 5.41) is 2.28. The Morgan fingerprint density at radius 2 is 0.900 bits per heavy atom. The van der Waals surface area contributed by atoms with Crippen LogP contribution in [0.1, 0.15) is 49.9 Å². The summed E-state index contributed by atoms with van der Waals surface area (Å²) >= 11 is 0. The van der Waals surface area contributed by atoms with Gasteiger partial charge in [0.15, 0.2) is 0 Å². The topological polar surface area (TPSA) is 16.4 Å². The molecular weight excluding hydrogens is 607 g/mol. The van der Waals surface area contributed by atoms with Crippen molar-refractivity contribution in [2.45, 2.75) is 38.5 Å². The smallest absolute Gasteiger partial charge is 0.135 e. The molecule has 0 unspecified atom stereocenters. The van der Waals surface area contributed by atoms with E-state index in [2.05, 4.69) is 184 Å². The quantitative estimate of drug-likeness (QED) is 0.190. The Kier molecular flexibility index (Phi) is 6.01. The number of fused-ring (bicyclic) bond motifs is 9. The molecule has 2 heteroatoms. The van der Waals surface area contributed by atoms with E-state index < -0.39 is 0 Å². The molecule has 2 nitrogen and oxygen atoms in total. The van der Waals surface area contributed by atoms with Crippen LogP contribution in [0.3, 0.4) is 0 Å². The van der Waals surface area contributed by atoms with Crippen molar-refractivity contribution in [1.29, 1.82) is 0 Å². The van der Waals surface area contributed by atoms with Gasteiger partial charge < -0.3 is 9.32 Å². The summed E-state index contributed by atoms with van der Waals surface area (Å²) < 4.78 is 6.59. The molecule has 0 saturated carbocycles. The molecule has 0 bridgehead atoms. The van der Waals surface area contributed by atoms with E-state index in [1.165, 1.54) is 55.6 Å². The maximum Gasteiger partial charge on any atom is 0.135 e. The van der Waals surface area contributed by atoms with Crippen LogP contribution in [-0.4, -0.2) is 0 Å². The molecule has 0 spiro atoms. The summed E-state index contributed by atoms with van der Waals surface area (Å²) in [4.78, 5) is 2.40. The molecule has 0 fully saturated rings. The Morgan fingerprint density at radius 1 is 0.380 bits per heavy atom. The van der Waals surface area contributed by atoms with E-state index in [1.54, 1.807) is 0 Å². The Labute approximate surface area is 293 Å². The lowest BCUT2D eigenvalue weighted by molar-refractivity contribution is 0.647. The van der Waals surface area contributed by atoms with Gasteiger partial charge in [-0.25, -0.2) is 0 Å². The third-order valence-electron chi connectivity index (χ3n) is 11.5. The second-order valence-electron chi connectivity index (χ2n) is 15.0. The lowest BCUT2D eigenvalue weighted by Gasteiger charge is -2.28. The SMILES string of the molecule is CC1(C)c2ccccc2-c2ccc(N(c3ccc(-c4ccccc4)cc3)c3ccc4oc5cc6c(cc5c4c3)-c3ccccc3C6(C)C)cc21. The number of nitrogens with zero attached hydrogens (tertiary/aromatic N) is 1. The first-order chi connectivity index (χ1) is 24.3. The number of furan rings is 1. The summed E-state index contributed by atoms with van der Waals surface area (Å²) in [7, 11) is 0. The molecule has 2 aliphatic rings. The van der Waals surface area contributed by atoms with Crippen LogP contribution < -0.4 is 4.90 Å². The molecule has 10 rings (SSSR count). The highest BCUT2D eigenvalue weighted by Crippen LogP contribution is 2.52. The second-order valence-corrected chi connectivity index (χ2v) is 15.0. The Balaban J connectivity index is 1.16. The van der Waals surface area contributed by atoms with Gasteiger partial charge in [0.25, 0.3) is 0 Å². The van der Waals surface area contributed by atoms with Crippen LogP contribution in [0.4, 0.5) is 17.1 Å². The van der Waals surface area contributed by atoms with Gasteiger partial charge in [-0.05, 0) is 110 Å². The summed E-state index contributed by atoms with van der Waals surface area (Å²) in [6.07, 6.45) is 0. The van der Waals surface area contributed by atoms with Crippen molar-refractivity contribution in [3.63, 3.8) is 0 Å². The van der Waals surface area contributed by atoms with E-state index in [4.69, 9.17) is 4.42 Å². The molecule has 2 aliphatic carbocycles. The predicted molar refractivity (Wildman–Crippen MR) is 209 cm³/mol. The highest BCUT2D eigenvalue weighted by atomic mass is 16.3. The minimum atomic E-state index is -0.0973. The number of hydrogen-bond acceptors (Lipinski definition) is 2. The van der Waals surface area contributed by atoms with Crippen molar-refractivity contribution >= 4 is 39.0 Å². The van der Waals surface area contributed by atoms with Crippen LogP contribution in [0.15, 0.2) is 156 Å². The summed E-state index contributed by atoms with van der Waals surface area (Å²) in [6, 6.07) is 55.6. The Morgan fingerprint density at radius 3 is 1.62 bits per heavy atom. The van der Waals surface area contributed by atoms with Crippen LogP contribution >= 0.6 is 0 Å². The molecule has 0 atom stereocenters. The lowest BCUT2D eigenvalue weighted by Crippen LogP contribution is -2.16. The minimum absolute atomic E-state index is 0.0754. The molecular formula is C48H37NO. The molecule has 1 heterocycles. The van der Waals surface area contributed by atoms with Gasteiger partial charge in [-0.2, -0.15) is 0 Å². The maximum atomic E-state index is 6.59. The largest absolute Gasteiger partial charge is 0.456 e. The summed E-state index contributed by atoms with van der Waals surface area (Å²) in [6.45, 7) is 9.34. The zero-order valence-corrected chi connectivity index (χ0v) is 28.8. The lowest BCUT2D eigenvalue weighted by atomic mass is 9.82. The fourth-order valence-corrected chi connectivity index (χ4v) is 8.81. The normalized spacial score (nSPS) is 14.7. The molecule has 0 N–H and O–H groups in total. The van der Waals surface area contributed by atoms with E-state index in [1.807, 2.05) is 0 Å². The first kappa shape index (κ1) is 29.1. The Hall–Kier alpha value is -5.86. The van der Waals surface area contributed by atoms with Gasteiger partial charge in [0.2, 0.25) is 0 Å². The zero-order valence-electron chi connectivity index (χ0n) is 28.8. The van der Waals surface area contributed by atoms with E-state index in [0.717, 1.165) is 39.0 Å². The van der Waals surface area contributed by atoms with Gasteiger partial charge in [-0.3, -0.25) is 0 Å². The third-order valence-corrected chi connectivity index (χ3v) is 11.5. The van der Waals surface area contributed by atoms with Gasteiger partial charge in [-0.1, -0.05) is 125 Å². The standard InChI is InChI=1S/C48H37NO/c1-47(2)41-16-10-8-14-35(41)37-24-22-34(27-43(37)47)49(32-20-18-31(19-21-32)30-12-6-5-7-13-30)33-23-25-45-39(26-33)40-28-38-36-15-9-11-17-42(36)48(3,4)44(38)29-46(40)50-45/h5-29H,1-4H3. The van der Waals surface area contributed by atoms with Crippen molar-refractivity contribution in [3.8, 4) is 33.4 Å². The fourth-order valence-electron chi connectivity index (χ4n) is 8.81. The molecule has 1 aromatic heterocycles. The first-order valence-corrected chi connectivity index (χ1v) is 17.6. The molecule has 0 amide bonds. The number of benzene rings is 7. The van der Waals surface area contributed by atoms with Crippen LogP contribution in [0, 0.1) is 0 Å². The van der Waals surface area contributed by atoms with Crippen LogP contribution in [0.2, 0.25) is 0 Å². The number of rotatable bonds is 4. The van der Waals surface area contributed by atoms with E-state index in [9.17, 15) is 0 Å². The van der Waals surface area contributed by atoms with E-state index >= 15 is 0 Å². The maximum absolute atomic E-state index is 6.59. The third kappa shape index (κ3) is 4.08. The highest BCUT2D eigenvalue weighted by molar-refractivity contribution is 6.09. The predicted octanol–water partition coefficient (Wildman–Crippen LogP) is 13.3. The fraction of sp³-hybridized carbons (Fsp3) is 0.125. The molecule has 240 valence electrons. The van der Waals surface area contributed by atoms with Crippen LogP contribution in [-0.2, 0) is 10.8 Å². The first-order valence-electron chi connectivity index (χ1n) is 17.6. The Bertz CT molecular complexity index is 2640. The van der Waals surface area contributed by atoms with Crippen molar-refractivity contribution in [2.24, 2.45) is 0 Å². The highest BCUT2D eigenvalue weighted by Gasteiger charge is 2.37.